The standard InChI is InChI=1S/C22H26N4O2/c1-15(2)9-10-21-23-18-14-26(12-11-20(18)28-21)22(27)17-13-19(25(3)24-17)16-7-5-4-6-8-16/h4-8,13,15H,9-12,14H2,1-3H3. The van der Waals surface area contributed by atoms with E-state index in [0.717, 1.165) is 41.4 Å². The van der Waals surface area contributed by atoms with E-state index in [9.17, 15) is 4.79 Å². The third-order valence-corrected chi connectivity index (χ3v) is 5.16. The van der Waals surface area contributed by atoms with Crippen molar-refractivity contribution in [1.82, 2.24) is 19.7 Å². The Bertz CT molecular complexity index is 972. The Balaban J connectivity index is 1.49. The Kier molecular flexibility index (Phi) is 5.03. The van der Waals surface area contributed by atoms with Gasteiger partial charge in [0, 0.05) is 26.4 Å². The molecule has 146 valence electrons. The van der Waals surface area contributed by atoms with Crippen LogP contribution in [0.15, 0.2) is 40.8 Å². The van der Waals surface area contributed by atoms with Crippen LogP contribution in [0.3, 0.4) is 0 Å². The van der Waals surface area contributed by atoms with Crippen LogP contribution in [-0.4, -0.2) is 32.1 Å². The third-order valence-electron chi connectivity index (χ3n) is 5.16. The van der Waals surface area contributed by atoms with Gasteiger partial charge in [-0.1, -0.05) is 44.2 Å². The third kappa shape index (κ3) is 3.72. The van der Waals surface area contributed by atoms with Crippen LogP contribution < -0.4 is 0 Å². The summed E-state index contributed by atoms with van der Waals surface area (Å²) in [6.07, 6.45) is 2.60. The molecule has 0 saturated carbocycles. The predicted molar refractivity (Wildman–Crippen MR) is 107 cm³/mol. The highest BCUT2D eigenvalue weighted by atomic mass is 16.4. The largest absolute Gasteiger partial charge is 0.445 e. The second kappa shape index (κ2) is 7.62. The molecule has 0 saturated heterocycles. The molecule has 6 nitrogen and oxygen atoms in total. The minimum absolute atomic E-state index is 0.0600. The fourth-order valence-electron chi connectivity index (χ4n) is 3.56. The van der Waals surface area contributed by atoms with Crippen LogP contribution in [0.1, 0.15) is 48.1 Å². The van der Waals surface area contributed by atoms with Gasteiger partial charge < -0.3 is 9.32 Å². The monoisotopic (exact) mass is 378 g/mol. The van der Waals surface area contributed by atoms with Crippen LogP contribution in [0, 0.1) is 5.92 Å². The number of benzene rings is 1. The summed E-state index contributed by atoms with van der Waals surface area (Å²) >= 11 is 0. The summed E-state index contributed by atoms with van der Waals surface area (Å²) in [4.78, 5) is 19.5. The van der Waals surface area contributed by atoms with E-state index in [2.05, 4.69) is 23.9 Å². The van der Waals surface area contributed by atoms with E-state index in [1.807, 2.05) is 48.3 Å². The lowest BCUT2D eigenvalue weighted by atomic mass is 10.1. The molecule has 4 rings (SSSR count). The number of amides is 1. The molecule has 0 fully saturated rings. The molecular formula is C22H26N4O2. The van der Waals surface area contributed by atoms with Crippen molar-refractivity contribution in [3.63, 3.8) is 0 Å². The summed E-state index contributed by atoms with van der Waals surface area (Å²) in [6, 6.07) is 11.8. The van der Waals surface area contributed by atoms with E-state index >= 15 is 0 Å². The van der Waals surface area contributed by atoms with Crippen molar-refractivity contribution in [2.45, 2.75) is 39.7 Å². The van der Waals surface area contributed by atoms with E-state index in [1.54, 1.807) is 4.68 Å². The van der Waals surface area contributed by atoms with Gasteiger partial charge in [-0.05, 0) is 24.0 Å². The Labute approximate surface area is 165 Å². The average molecular weight is 378 g/mol. The fraction of sp³-hybridized carbons (Fsp3) is 0.409. The molecule has 1 aromatic carbocycles. The maximum absolute atomic E-state index is 13.0. The summed E-state index contributed by atoms with van der Waals surface area (Å²) in [6.45, 7) is 5.50. The van der Waals surface area contributed by atoms with E-state index in [4.69, 9.17) is 4.42 Å². The number of aryl methyl sites for hydroxylation is 2. The fourth-order valence-corrected chi connectivity index (χ4v) is 3.56. The highest BCUT2D eigenvalue weighted by Gasteiger charge is 2.28. The van der Waals surface area contributed by atoms with Crippen molar-refractivity contribution in [2.24, 2.45) is 13.0 Å². The second-order valence-electron chi connectivity index (χ2n) is 7.79. The number of aromatic nitrogens is 3. The Morgan fingerprint density at radius 1 is 1.25 bits per heavy atom. The minimum atomic E-state index is -0.0600. The molecule has 1 aliphatic heterocycles. The molecule has 0 atom stereocenters. The lowest BCUT2D eigenvalue weighted by Crippen LogP contribution is -2.36. The van der Waals surface area contributed by atoms with Crippen molar-refractivity contribution in [3.8, 4) is 11.3 Å². The summed E-state index contributed by atoms with van der Waals surface area (Å²) in [5, 5.41) is 4.45. The number of hydrogen-bond donors (Lipinski definition) is 0. The highest BCUT2D eigenvalue weighted by molar-refractivity contribution is 5.93. The first-order chi connectivity index (χ1) is 13.5. The molecule has 0 bridgehead atoms. The van der Waals surface area contributed by atoms with Crippen LogP contribution in [0.4, 0.5) is 0 Å². The van der Waals surface area contributed by atoms with Crippen molar-refractivity contribution in [1.29, 1.82) is 0 Å². The minimum Gasteiger partial charge on any atom is -0.445 e. The highest BCUT2D eigenvalue weighted by Crippen LogP contribution is 2.24. The van der Waals surface area contributed by atoms with Gasteiger partial charge in [0.25, 0.3) is 5.91 Å². The maximum Gasteiger partial charge on any atom is 0.274 e. The normalized spacial score (nSPS) is 13.8. The Morgan fingerprint density at radius 3 is 2.79 bits per heavy atom. The zero-order valence-corrected chi connectivity index (χ0v) is 16.7. The Morgan fingerprint density at radius 2 is 2.04 bits per heavy atom. The van der Waals surface area contributed by atoms with Gasteiger partial charge in [0.15, 0.2) is 11.6 Å². The molecule has 0 aliphatic carbocycles. The van der Waals surface area contributed by atoms with Gasteiger partial charge in [0.2, 0.25) is 0 Å². The quantitative estimate of drug-likeness (QED) is 0.676. The SMILES string of the molecule is CC(C)CCc1nc2c(o1)CCN(C(=O)c1cc(-c3ccccc3)n(C)n1)C2. The van der Waals surface area contributed by atoms with E-state index in [1.165, 1.54) is 0 Å². The molecule has 2 aromatic heterocycles. The molecular weight excluding hydrogens is 352 g/mol. The van der Waals surface area contributed by atoms with Crippen LogP contribution >= 0.6 is 0 Å². The molecule has 0 radical (unpaired) electrons. The zero-order chi connectivity index (χ0) is 19.7. The average Bonchev–Trinajstić information content (AvgIpc) is 3.29. The topological polar surface area (TPSA) is 64.2 Å². The smallest absolute Gasteiger partial charge is 0.274 e. The van der Waals surface area contributed by atoms with Crippen LogP contribution in [0.2, 0.25) is 0 Å². The Hall–Kier alpha value is -2.89. The first-order valence-electron chi connectivity index (χ1n) is 9.87. The molecule has 1 amide bonds. The van der Waals surface area contributed by atoms with Crippen molar-refractivity contribution in [2.75, 3.05) is 6.54 Å². The van der Waals surface area contributed by atoms with Crippen LogP contribution in [-0.2, 0) is 26.4 Å². The number of rotatable bonds is 5. The predicted octanol–water partition coefficient (Wildman–Crippen LogP) is 3.86. The van der Waals surface area contributed by atoms with Crippen molar-refractivity contribution in [3.05, 3.63) is 59.4 Å². The van der Waals surface area contributed by atoms with E-state index in [0.29, 0.717) is 31.1 Å². The van der Waals surface area contributed by atoms with Gasteiger partial charge in [0.1, 0.15) is 11.5 Å². The number of carbonyl (C=O) groups is 1. The molecule has 0 spiro atoms. The number of hydrogen-bond acceptors (Lipinski definition) is 4. The maximum atomic E-state index is 13.0. The van der Waals surface area contributed by atoms with Gasteiger partial charge in [-0.3, -0.25) is 9.48 Å². The number of fused-ring (bicyclic) bond motifs is 1. The van der Waals surface area contributed by atoms with Gasteiger partial charge >= 0.3 is 0 Å². The summed E-state index contributed by atoms with van der Waals surface area (Å²) in [5.74, 6) is 2.27. The number of oxazole rings is 1. The van der Waals surface area contributed by atoms with Crippen molar-refractivity contribution < 1.29 is 9.21 Å². The van der Waals surface area contributed by atoms with Gasteiger partial charge in [0.05, 0.1) is 12.2 Å². The summed E-state index contributed by atoms with van der Waals surface area (Å²) < 4.78 is 7.66. The van der Waals surface area contributed by atoms with Gasteiger partial charge in [-0.15, -0.1) is 0 Å². The zero-order valence-electron chi connectivity index (χ0n) is 16.7. The molecule has 3 heterocycles. The summed E-state index contributed by atoms with van der Waals surface area (Å²) in [5.41, 5.74) is 3.33. The van der Waals surface area contributed by atoms with Gasteiger partial charge in [-0.25, -0.2) is 4.98 Å². The second-order valence-corrected chi connectivity index (χ2v) is 7.79. The molecule has 28 heavy (non-hydrogen) atoms. The number of nitrogens with zero attached hydrogens (tertiary/aromatic N) is 4. The van der Waals surface area contributed by atoms with E-state index in [-0.39, 0.29) is 5.91 Å². The molecule has 3 aromatic rings. The van der Waals surface area contributed by atoms with Crippen LogP contribution in [0.5, 0.6) is 0 Å². The molecule has 0 unspecified atom stereocenters. The first-order valence-corrected chi connectivity index (χ1v) is 9.87. The molecule has 0 N–H and O–H groups in total. The van der Waals surface area contributed by atoms with Crippen LogP contribution in [0.25, 0.3) is 11.3 Å². The molecule has 1 aliphatic rings. The number of carbonyl (C=O) groups excluding carboxylic acids is 1. The van der Waals surface area contributed by atoms with Crippen molar-refractivity contribution >= 4 is 5.91 Å². The lowest BCUT2D eigenvalue weighted by molar-refractivity contribution is 0.0721. The molecule has 6 heteroatoms. The lowest BCUT2D eigenvalue weighted by Gasteiger charge is -2.24. The first kappa shape index (κ1) is 18.5. The van der Waals surface area contributed by atoms with Gasteiger partial charge in [-0.2, -0.15) is 5.10 Å². The van der Waals surface area contributed by atoms with E-state index < -0.39 is 0 Å². The summed E-state index contributed by atoms with van der Waals surface area (Å²) in [7, 11) is 1.87.